The summed E-state index contributed by atoms with van der Waals surface area (Å²) in [5.74, 6) is -1.41. The van der Waals surface area contributed by atoms with Crippen LogP contribution >= 0.6 is 0 Å². The molecule has 0 aromatic heterocycles. The minimum atomic E-state index is -1.29. The summed E-state index contributed by atoms with van der Waals surface area (Å²) in [6, 6.07) is 7.79. The SMILES string of the molecule is CC(C)(C)OC(=O)NCC(=O)NC(C(=O)OC(C)(C)C)C(O)Cc1ccccc1. The Balaban J connectivity index is 2.78. The van der Waals surface area contributed by atoms with Crippen LogP contribution in [-0.2, 0) is 25.5 Å². The van der Waals surface area contributed by atoms with E-state index in [0.717, 1.165) is 5.56 Å². The molecule has 0 bridgehead atoms. The summed E-state index contributed by atoms with van der Waals surface area (Å²) < 4.78 is 10.4. The molecule has 0 saturated heterocycles. The first kappa shape index (κ1) is 24.4. The number of carbonyl (C=O) groups is 3. The first-order valence-electron chi connectivity index (χ1n) is 9.48. The largest absolute Gasteiger partial charge is 0.458 e. The highest BCUT2D eigenvalue weighted by Crippen LogP contribution is 2.13. The van der Waals surface area contributed by atoms with Gasteiger partial charge in [0, 0.05) is 6.42 Å². The van der Waals surface area contributed by atoms with Crippen molar-refractivity contribution in [3.8, 4) is 0 Å². The summed E-state index contributed by atoms with van der Waals surface area (Å²) in [6.45, 7) is 9.76. The molecule has 162 valence electrons. The van der Waals surface area contributed by atoms with E-state index in [1.807, 2.05) is 18.2 Å². The molecule has 2 atom stereocenters. The van der Waals surface area contributed by atoms with Crippen LogP contribution in [0.2, 0.25) is 0 Å². The number of amides is 2. The number of nitrogens with one attached hydrogen (secondary N) is 2. The molecule has 2 amide bonds. The van der Waals surface area contributed by atoms with Crippen molar-refractivity contribution in [1.29, 1.82) is 0 Å². The summed E-state index contributed by atoms with van der Waals surface area (Å²) in [7, 11) is 0. The fraction of sp³-hybridized carbons (Fsp3) is 0.571. The van der Waals surface area contributed by atoms with Crippen molar-refractivity contribution in [2.75, 3.05) is 6.54 Å². The number of hydrogen-bond acceptors (Lipinski definition) is 6. The minimum Gasteiger partial charge on any atom is -0.458 e. The Morgan fingerprint density at radius 1 is 0.966 bits per heavy atom. The van der Waals surface area contributed by atoms with Crippen molar-refractivity contribution in [3.63, 3.8) is 0 Å². The molecule has 1 aromatic rings. The molecule has 8 heteroatoms. The molecule has 1 aromatic carbocycles. The van der Waals surface area contributed by atoms with Gasteiger partial charge in [-0.2, -0.15) is 0 Å². The monoisotopic (exact) mass is 408 g/mol. The number of benzene rings is 1. The molecule has 0 spiro atoms. The van der Waals surface area contributed by atoms with Gasteiger partial charge < -0.3 is 25.2 Å². The normalized spacial score (nSPS) is 13.8. The second-order valence-corrected chi connectivity index (χ2v) is 8.69. The Morgan fingerprint density at radius 3 is 2.03 bits per heavy atom. The zero-order chi connectivity index (χ0) is 22.2. The van der Waals surface area contributed by atoms with Crippen LogP contribution in [0.1, 0.15) is 47.1 Å². The van der Waals surface area contributed by atoms with E-state index in [-0.39, 0.29) is 6.42 Å². The lowest BCUT2D eigenvalue weighted by atomic mass is 10.0. The van der Waals surface area contributed by atoms with Gasteiger partial charge in [-0.1, -0.05) is 30.3 Å². The predicted octanol–water partition coefficient (Wildman–Crippen LogP) is 1.94. The molecule has 3 N–H and O–H groups in total. The van der Waals surface area contributed by atoms with Gasteiger partial charge in [-0.15, -0.1) is 0 Å². The molecule has 0 radical (unpaired) electrons. The van der Waals surface area contributed by atoms with Crippen LogP contribution in [0.25, 0.3) is 0 Å². The van der Waals surface area contributed by atoms with Crippen molar-refractivity contribution >= 4 is 18.0 Å². The van der Waals surface area contributed by atoms with Crippen LogP contribution in [0, 0.1) is 0 Å². The zero-order valence-corrected chi connectivity index (χ0v) is 17.9. The number of hydrogen-bond donors (Lipinski definition) is 3. The van der Waals surface area contributed by atoms with E-state index in [1.54, 1.807) is 53.7 Å². The van der Waals surface area contributed by atoms with Crippen molar-refractivity contribution in [2.45, 2.75) is 71.3 Å². The standard InChI is InChI=1S/C21H32N2O6/c1-20(2,3)28-18(26)17(15(24)12-14-10-8-7-9-11-14)23-16(25)13-22-19(27)29-21(4,5)6/h7-11,15,17,24H,12-13H2,1-6H3,(H,22,27)(H,23,25). The number of aliphatic hydroxyl groups is 1. The van der Waals surface area contributed by atoms with E-state index in [4.69, 9.17) is 9.47 Å². The number of rotatable bonds is 7. The predicted molar refractivity (Wildman–Crippen MR) is 108 cm³/mol. The maximum absolute atomic E-state index is 12.5. The van der Waals surface area contributed by atoms with Crippen LogP contribution in [0.3, 0.4) is 0 Å². The third kappa shape index (κ3) is 10.5. The lowest BCUT2D eigenvalue weighted by Crippen LogP contribution is -2.53. The Kier molecular flexibility index (Phi) is 8.63. The third-order valence-electron chi connectivity index (χ3n) is 3.44. The number of ether oxygens (including phenoxy) is 2. The fourth-order valence-electron chi connectivity index (χ4n) is 2.34. The molecule has 0 saturated carbocycles. The van der Waals surface area contributed by atoms with E-state index in [2.05, 4.69) is 10.6 Å². The molecule has 29 heavy (non-hydrogen) atoms. The van der Waals surface area contributed by atoms with Gasteiger partial charge in [0.15, 0.2) is 6.04 Å². The van der Waals surface area contributed by atoms with E-state index in [0.29, 0.717) is 0 Å². The highest BCUT2D eigenvalue weighted by Gasteiger charge is 2.33. The number of esters is 1. The molecule has 0 aliphatic rings. The van der Waals surface area contributed by atoms with Gasteiger partial charge in [-0.25, -0.2) is 9.59 Å². The molecule has 0 heterocycles. The topological polar surface area (TPSA) is 114 Å². The van der Waals surface area contributed by atoms with Crippen LogP contribution in [0.15, 0.2) is 30.3 Å². The van der Waals surface area contributed by atoms with Crippen LogP contribution in [0.5, 0.6) is 0 Å². The minimum absolute atomic E-state index is 0.143. The van der Waals surface area contributed by atoms with Gasteiger partial charge in [0.2, 0.25) is 5.91 Å². The zero-order valence-electron chi connectivity index (χ0n) is 17.9. The van der Waals surface area contributed by atoms with Crippen molar-refractivity contribution in [3.05, 3.63) is 35.9 Å². The quantitative estimate of drug-likeness (QED) is 0.594. The maximum atomic E-state index is 12.5. The van der Waals surface area contributed by atoms with E-state index >= 15 is 0 Å². The number of aliphatic hydroxyl groups excluding tert-OH is 1. The van der Waals surface area contributed by atoms with Crippen LogP contribution in [0.4, 0.5) is 4.79 Å². The van der Waals surface area contributed by atoms with E-state index < -0.39 is 47.9 Å². The van der Waals surface area contributed by atoms with Crippen LogP contribution in [-0.4, -0.2) is 53.0 Å². The fourth-order valence-corrected chi connectivity index (χ4v) is 2.34. The average molecular weight is 408 g/mol. The Morgan fingerprint density at radius 2 is 1.52 bits per heavy atom. The summed E-state index contributed by atoms with van der Waals surface area (Å²) in [5, 5.41) is 15.3. The van der Waals surface area contributed by atoms with Gasteiger partial charge >= 0.3 is 12.1 Å². The average Bonchev–Trinajstić information content (AvgIpc) is 2.55. The van der Waals surface area contributed by atoms with E-state index in [9.17, 15) is 19.5 Å². The lowest BCUT2D eigenvalue weighted by molar-refractivity contribution is -0.161. The molecule has 2 unspecified atom stereocenters. The highest BCUT2D eigenvalue weighted by molar-refractivity contribution is 5.87. The molecular weight excluding hydrogens is 376 g/mol. The smallest absolute Gasteiger partial charge is 0.408 e. The molecule has 0 aliphatic heterocycles. The van der Waals surface area contributed by atoms with Gasteiger partial charge in [0.1, 0.15) is 17.7 Å². The molecule has 0 aliphatic carbocycles. The first-order chi connectivity index (χ1) is 13.3. The Bertz CT molecular complexity index is 691. The van der Waals surface area contributed by atoms with Gasteiger partial charge in [-0.05, 0) is 47.1 Å². The summed E-state index contributed by atoms with van der Waals surface area (Å²) in [6.07, 6.45) is -1.83. The van der Waals surface area contributed by atoms with Crippen molar-refractivity contribution in [1.82, 2.24) is 10.6 Å². The van der Waals surface area contributed by atoms with Crippen molar-refractivity contribution < 1.29 is 29.0 Å². The van der Waals surface area contributed by atoms with Gasteiger partial charge in [0.05, 0.1) is 6.10 Å². The van der Waals surface area contributed by atoms with Crippen LogP contribution < -0.4 is 10.6 Å². The third-order valence-corrected chi connectivity index (χ3v) is 3.44. The second kappa shape index (κ2) is 10.2. The Labute approximate surface area is 172 Å². The molecule has 0 fully saturated rings. The second-order valence-electron chi connectivity index (χ2n) is 8.69. The molecular formula is C21H32N2O6. The summed E-state index contributed by atoms with van der Waals surface area (Å²) in [4.78, 5) is 36.5. The van der Waals surface area contributed by atoms with Crippen molar-refractivity contribution in [2.24, 2.45) is 0 Å². The maximum Gasteiger partial charge on any atom is 0.408 e. The first-order valence-corrected chi connectivity index (χ1v) is 9.48. The molecule has 1 rings (SSSR count). The summed E-state index contributed by atoms with van der Waals surface area (Å²) >= 11 is 0. The Hall–Kier alpha value is -2.61. The van der Waals surface area contributed by atoms with E-state index in [1.165, 1.54) is 0 Å². The lowest BCUT2D eigenvalue weighted by Gasteiger charge is -2.27. The highest BCUT2D eigenvalue weighted by atomic mass is 16.6. The summed E-state index contributed by atoms with van der Waals surface area (Å²) in [5.41, 5.74) is -0.693. The number of carbonyl (C=O) groups excluding carboxylic acids is 3. The van der Waals surface area contributed by atoms with Gasteiger partial charge in [0.25, 0.3) is 0 Å². The molecule has 8 nitrogen and oxygen atoms in total. The number of alkyl carbamates (subject to hydrolysis) is 1. The van der Waals surface area contributed by atoms with Gasteiger partial charge in [-0.3, -0.25) is 4.79 Å².